The topological polar surface area (TPSA) is 67.4 Å². The van der Waals surface area contributed by atoms with Gasteiger partial charge in [-0.25, -0.2) is 4.39 Å². The van der Waals surface area contributed by atoms with E-state index in [-0.39, 0.29) is 17.2 Å². The van der Waals surface area contributed by atoms with Crippen LogP contribution in [0.4, 0.5) is 4.39 Å². The summed E-state index contributed by atoms with van der Waals surface area (Å²) >= 11 is 5.62. The summed E-state index contributed by atoms with van der Waals surface area (Å²) in [6, 6.07) is 9.25. The van der Waals surface area contributed by atoms with Crippen molar-refractivity contribution in [3.8, 4) is 5.75 Å². The maximum Gasteiger partial charge on any atom is 0.276 e. The van der Waals surface area contributed by atoms with E-state index in [1.807, 2.05) is 32.0 Å². The number of para-hydroxylation sites is 1. The summed E-state index contributed by atoms with van der Waals surface area (Å²) in [6.45, 7) is 3.45. The summed E-state index contributed by atoms with van der Waals surface area (Å²) in [6.07, 6.45) is 0. The number of halogens is 2. The normalized spacial score (nSPS) is 10.2. The van der Waals surface area contributed by atoms with Crippen LogP contribution in [0.5, 0.6) is 5.75 Å². The molecule has 0 aliphatic carbocycles. The summed E-state index contributed by atoms with van der Waals surface area (Å²) in [5.74, 6) is -1.52. The second-order valence-corrected chi connectivity index (χ2v) is 5.57. The molecular weight excluding hydrogens is 335 g/mol. The monoisotopic (exact) mass is 350 g/mol. The molecule has 0 radical (unpaired) electrons. The van der Waals surface area contributed by atoms with E-state index >= 15 is 0 Å². The fraction of sp³-hybridized carbons (Fsp3) is 0.176. The van der Waals surface area contributed by atoms with Crippen LogP contribution in [-0.2, 0) is 4.79 Å². The van der Waals surface area contributed by atoms with Crippen molar-refractivity contribution in [2.24, 2.45) is 0 Å². The molecule has 0 unspecified atom stereocenters. The Kier molecular flexibility index (Phi) is 5.76. The number of carbonyl (C=O) groups is 2. The lowest BCUT2D eigenvalue weighted by atomic mass is 10.1. The van der Waals surface area contributed by atoms with Crippen LogP contribution in [0, 0.1) is 19.7 Å². The predicted octanol–water partition coefficient (Wildman–Crippen LogP) is 2.94. The molecule has 2 amide bonds. The Labute approximate surface area is 143 Å². The second-order valence-electron chi connectivity index (χ2n) is 5.14. The van der Waals surface area contributed by atoms with Crippen LogP contribution in [0.2, 0.25) is 5.02 Å². The molecule has 2 rings (SSSR count). The van der Waals surface area contributed by atoms with E-state index in [1.54, 1.807) is 0 Å². The highest BCUT2D eigenvalue weighted by molar-refractivity contribution is 6.30. The van der Waals surface area contributed by atoms with Crippen molar-refractivity contribution >= 4 is 23.4 Å². The number of aryl methyl sites for hydroxylation is 2. The van der Waals surface area contributed by atoms with Gasteiger partial charge in [0.05, 0.1) is 5.56 Å². The van der Waals surface area contributed by atoms with E-state index in [4.69, 9.17) is 16.3 Å². The molecule has 0 fully saturated rings. The van der Waals surface area contributed by atoms with Crippen LogP contribution < -0.4 is 15.6 Å². The number of nitrogens with one attached hydrogen (secondary N) is 2. The zero-order valence-corrected chi connectivity index (χ0v) is 13.9. The molecule has 0 saturated carbocycles. The number of hydrazine groups is 1. The first kappa shape index (κ1) is 17.7. The van der Waals surface area contributed by atoms with Crippen molar-refractivity contribution in [1.82, 2.24) is 10.9 Å². The van der Waals surface area contributed by atoms with Crippen LogP contribution >= 0.6 is 11.6 Å². The SMILES string of the molecule is Cc1cccc(C)c1OCC(=O)NNC(=O)c1ccc(Cl)cc1F. The van der Waals surface area contributed by atoms with Gasteiger partial charge >= 0.3 is 0 Å². The van der Waals surface area contributed by atoms with Gasteiger partial charge in [-0.1, -0.05) is 29.8 Å². The Balaban J connectivity index is 1.88. The molecular formula is C17H16ClFN2O3. The average molecular weight is 351 g/mol. The molecule has 2 aromatic carbocycles. The van der Waals surface area contributed by atoms with E-state index in [0.29, 0.717) is 5.75 Å². The number of amides is 2. The summed E-state index contributed by atoms with van der Waals surface area (Å²) in [4.78, 5) is 23.6. The smallest absolute Gasteiger partial charge is 0.276 e. The fourth-order valence-electron chi connectivity index (χ4n) is 2.07. The highest BCUT2D eigenvalue weighted by Gasteiger charge is 2.13. The van der Waals surface area contributed by atoms with Crippen LogP contribution in [0.3, 0.4) is 0 Å². The number of ether oxygens (including phenoxy) is 1. The largest absolute Gasteiger partial charge is 0.483 e. The van der Waals surface area contributed by atoms with Crippen molar-refractivity contribution in [3.05, 3.63) is 63.9 Å². The molecule has 5 nitrogen and oxygen atoms in total. The average Bonchev–Trinajstić information content (AvgIpc) is 2.52. The third-order valence-corrected chi connectivity index (χ3v) is 3.48. The van der Waals surface area contributed by atoms with Gasteiger partial charge in [0.1, 0.15) is 11.6 Å². The highest BCUT2D eigenvalue weighted by atomic mass is 35.5. The van der Waals surface area contributed by atoms with Crippen LogP contribution in [0.15, 0.2) is 36.4 Å². The first-order valence-electron chi connectivity index (χ1n) is 7.11. The molecule has 24 heavy (non-hydrogen) atoms. The van der Waals surface area contributed by atoms with Gasteiger partial charge in [0, 0.05) is 5.02 Å². The first-order valence-corrected chi connectivity index (χ1v) is 7.49. The van der Waals surface area contributed by atoms with Gasteiger partial charge in [-0.05, 0) is 43.2 Å². The van der Waals surface area contributed by atoms with Crippen LogP contribution in [0.1, 0.15) is 21.5 Å². The molecule has 0 heterocycles. The van der Waals surface area contributed by atoms with Crippen LogP contribution in [0.25, 0.3) is 0 Å². The van der Waals surface area contributed by atoms with E-state index in [2.05, 4.69) is 10.9 Å². The molecule has 0 saturated heterocycles. The summed E-state index contributed by atoms with van der Waals surface area (Å²) in [5.41, 5.74) is 5.86. The van der Waals surface area contributed by atoms with Gasteiger partial charge in [0.2, 0.25) is 0 Å². The van der Waals surface area contributed by atoms with E-state index in [0.717, 1.165) is 17.2 Å². The zero-order chi connectivity index (χ0) is 17.7. The Hall–Kier alpha value is -2.60. The lowest BCUT2D eigenvalue weighted by Gasteiger charge is -2.12. The number of carbonyl (C=O) groups excluding carboxylic acids is 2. The van der Waals surface area contributed by atoms with Gasteiger partial charge < -0.3 is 4.74 Å². The maximum absolute atomic E-state index is 13.6. The number of hydrogen-bond acceptors (Lipinski definition) is 3. The minimum Gasteiger partial charge on any atom is -0.483 e. The standard InChI is InChI=1S/C17H16ClFN2O3/c1-10-4-3-5-11(2)16(10)24-9-15(22)20-21-17(23)13-7-6-12(18)8-14(13)19/h3-8H,9H2,1-2H3,(H,20,22)(H,21,23). The molecule has 0 spiro atoms. The van der Waals surface area contributed by atoms with Gasteiger partial charge in [0.25, 0.3) is 11.8 Å². The molecule has 0 aliphatic heterocycles. The fourth-order valence-corrected chi connectivity index (χ4v) is 2.23. The lowest BCUT2D eigenvalue weighted by molar-refractivity contribution is -0.123. The highest BCUT2D eigenvalue weighted by Crippen LogP contribution is 2.22. The Morgan fingerprint density at radius 2 is 1.79 bits per heavy atom. The zero-order valence-electron chi connectivity index (χ0n) is 13.2. The summed E-state index contributed by atoms with van der Waals surface area (Å²) in [5, 5.41) is 0.176. The van der Waals surface area contributed by atoms with Crippen molar-refractivity contribution in [2.75, 3.05) is 6.61 Å². The first-order chi connectivity index (χ1) is 11.4. The third kappa shape index (κ3) is 4.45. The minimum atomic E-state index is -0.787. The van der Waals surface area contributed by atoms with Crippen molar-refractivity contribution in [1.29, 1.82) is 0 Å². The molecule has 0 aliphatic rings. The molecule has 0 aromatic heterocycles. The molecule has 0 atom stereocenters. The summed E-state index contributed by atoms with van der Waals surface area (Å²) in [7, 11) is 0. The number of hydrogen-bond donors (Lipinski definition) is 2. The predicted molar refractivity (Wildman–Crippen MR) is 88.4 cm³/mol. The second kappa shape index (κ2) is 7.79. The molecule has 0 bridgehead atoms. The summed E-state index contributed by atoms with van der Waals surface area (Å²) < 4.78 is 19.1. The van der Waals surface area contributed by atoms with Gasteiger partial charge in [-0.2, -0.15) is 0 Å². The Bertz CT molecular complexity index is 760. The van der Waals surface area contributed by atoms with Gasteiger partial charge in [-0.3, -0.25) is 20.4 Å². The van der Waals surface area contributed by atoms with Crippen molar-refractivity contribution in [3.63, 3.8) is 0 Å². The van der Waals surface area contributed by atoms with E-state index in [1.165, 1.54) is 12.1 Å². The minimum absolute atomic E-state index is 0.176. The van der Waals surface area contributed by atoms with Gasteiger partial charge in [0.15, 0.2) is 6.61 Å². The molecule has 2 aromatic rings. The quantitative estimate of drug-likeness (QED) is 0.833. The third-order valence-electron chi connectivity index (χ3n) is 3.25. The molecule has 7 heteroatoms. The number of benzene rings is 2. The maximum atomic E-state index is 13.6. The van der Waals surface area contributed by atoms with Crippen molar-refractivity contribution in [2.45, 2.75) is 13.8 Å². The van der Waals surface area contributed by atoms with Gasteiger partial charge in [-0.15, -0.1) is 0 Å². The lowest BCUT2D eigenvalue weighted by Crippen LogP contribution is -2.44. The van der Waals surface area contributed by atoms with E-state index in [9.17, 15) is 14.0 Å². The van der Waals surface area contributed by atoms with Crippen LogP contribution in [-0.4, -0.2) is 18.4 Å². The molecule has 126 valence electrons. The Morgan fingerprint density at radius 1 is 1.12 bits per heavy atom. The van der Waals surface area contributed by atoms with E-state index < -0.39 is 17.6 Å². The Morgan fingerprint density at radius 3 is 2.42 bits per heavy atom. The van der Waals surface area contributed by atoms with Crippen molar-refractivity contribution < 1.29 is 18.7 Å². The number of rotatable bonds is 4. The molecule has 2 N–H and O–H groups in total.